The van der Waals surface area contributed by atoms with Crippen LogP contribution in [0, 0.1) is 10.1 Å². The molecule has 0 aromatic heterocycles. The molecule has 0 spiro atoms. The van der Waals surface area contributed by atoms with Crippen molar-refractivity contribution in [2.75, 3.05) is 6.54 Å². The number of carbonyl (C=O) groups excluding carboxylic acids is 4. The molecule has 0 N–H and O–H groups in total. The van der Waals surface area contributed by atoms with E-state index in [1.54, 1.807) is 0 Å². The van der Waals surface area contributed by atoms with E-state index in [0.717, 1.165) is 11.1 Å². The predicted octanol–water partition coefficient (Wildman–Crippen LogP) is 2.64. The van der Waals surface area contributed by atoms with Crippen LogP contribution >= 0.6 is 11.6 Å². The van der Waals surface area contributed by atoms with Crippen LogP contribution in [0.5, 0.6) is 0 Å². The lowest BCUT2D eigenvalue weighted by molar-refractivity contribution is -0.384. The Bertz CT molecular complexity index is 1000. The lowest BCUT2D eigenvalue weighted by Crippen LogP contribution is -2.51. The van der Waals surface area contributed by atoms with Crippen molar-refractivity contribution in [3.05, 3.63) is 74.8 Å². The summed E-state index contributed by atoms with van der Waals surface area (Å²) in [7, 11) is 0. The van der Waals surface area contributed by atoms with Crippen molar-refractivity contribution in [2.45, 2.75) is 12.8 Å². The van der Waals surface area contributed by atoms with E-state index in [-0.39, 0.29) is 29.7 Å². The molecule has 3 rings (SSSR count). The number of non-ortho nitro benzene ring substituents is 1. The number of rotatable bonds is 6. The van der Waals surface area contributed by atoms with E-state index in [0.29, 0.717) is 10.0 Å². The quantitative estimate of drug-likeness (QED) is 0.310. The van der Waals surface area contributed by atoms with Crippen molar-refractivity contribution < 1.29 is 24.1 Å². The zero-order chi connectivity index (χ0) is 21.1. The molecule has 29 heavy (non-hydrogen) atoms. The van der Waals surface area contributed by atoms with Crippen LogP contribution in [-0.4, -0.2) is 45.0 Å². The van der Waals surface area contributed by atoms with Crippen LogP contribution in [-0.2, 0) is 9.59 Å². The molecular weight excluding hydrogens is 402 g/mol. The standard InChI is InChI=1S/C19H14ClN3O6/c20-14-6-4-12(5-7-14)16(24)11-21(22-17(25)8-9-18(22)26)19(27)13-2-1-3-15(10-13)23(28)29/h1-7,10H,8-9,11H2. The predicted molar refractivity (Wildman–Crippen MR) is 101 cm³/mol. The molecule has 1 aliphatic heterocycles. The van der Waals surface area contributed by atoms with Gasteiger partial charge in [-0.1, -0.05) is 17.7 Å². The number of carbonyl (C=O) groups is 4. The highest BCUT2D eigenvalue weighted by Crippen LogP contribution is 2.21. The summed E-state index contributed by atoms with van der Waals surface area (Å²) in [5.74, 6) is -2.66. The average molecular weight is 416 g/mol. The normalized spacial score (nSPS) is 13.5. The summed E-state index contributed by atoms with van der Waals surface area (Å²) in [6.45, 7) is -0.597. The third-order valence-electron chi connectivity index (χ3n) is 4.26. The van der Waals surface area contributed by atoms with Crippen LogP contribution in [0.2, 0.25) is 5.02 Å². The number of benzene rings is 2. The molecule has 3 amide bonds. The molecule has 10 heteroatoms. The number of halogens is 1. The first kappa shape index (κ1) is 20.2. The van der Waals surface area contributed by atoms with E-state index in [1.807, 2.05) is 0 Å². The number of amides is 3. The SMILES string of the molecule is O=C(CN(C(=O)c1cccc([N+](=O)[O-])c1)N1C(=O)CCC1=O)c1ccc(Cl)cc1. The second kappa shape index (κ2) is 8.19. The molecule has 0 radical (unpaired) electrons. The zero-order valence-electron chi connectivity index (χ0n) is 14.9. The maximum atomic E-state index is 13.0. The molecule has 148 valence electrons. The van der Waals surface area contributed by atoms with Crippen LogP contribution in [0.4, 0.5) is 5.69 Å². The summed E-state index contributed by atoms with van der Waals surface area (Å²) in [5.41, 5.74) is -0.236. The molecule has 0 aliphatic carbocycles. The Morgan fingerprint density at radius 3 is 2.24 bits per heavy atom. The first-order valence-electron chi connectivity index (χ1n) is 8.48. The molecule has 2 aromatic rings. The summed E-state index contributed by atoms with van der Waals surface area (Å²) in [6, 6.07) is 10.7. The average Bonchev–Trinajstić information content (AvgIpc) is 3.04. The Balaban J connectivity index is 1.95. The van der Waals surface area contributed by atoms with E-state index in [4.69, 9.17) is 11.6 Å². The molecule has 9 nitrogen and oxygen atoms in total. The van der Waals surface area contributed by atoms with Crippen molar-refractivity contribution in [2.24, 2.45) is 0 Å². The fraction of sp³-hybridized carbons (Fsp3) is 0.158. The van der Waals surface area contributed by atoms with E-state index >= 15 is 0 Å². The van der Waals surface area contributed by atoms with Gasteiger partial charge in [0.15, 0.2) is 5.78 Å². The number of hydrazine groups is 1. The monoisotopic (exact) mass is 415 g/mol. The molecular formula is C19H14ClN3O6. The van der Waals surface area contributed by atoms with Gasteiger partial charge in [0, 0.05) is 41.1 Å². The second-order valence-corrected chi connectivity index (χ2v) is 6.64. The van der Waals surface area contributed by atoms with Crippen molar-refractivity contribution in [1.82, 2.24) is 10.0 Å². The fourth-order valence-corrected chi connectivity index (χ4v) is 2.96. The summed E-state index contributed by atoms with van der Waals surface area (Å²) in [5, 5.41) is 12.8. The molecule has 1 aliphatic rings. The molecule has 0 bridgehead atoms. The number of nitro benzene ring substituents is 1. The van der Waals surface area contributed by atoms with Crippen LogP contribution in [0.3, 0.4) is 0 Å². The zero-order valence-corrected chi connectivity index (χ0v) is 15.7. The van der Waals surface area contributed by atoms with E-state index in [1.165, 1.54) is 42.5 Å². The van der Waals surface area contributed by atoms with Gasteiger partial charge in [-0.3, -0.25) is 29.3 Å². The third-order valence-corrected chi connectivity index (χ3v) is 4.52. The van der Waals surface area contributed by atoms with Gasteiger partial charge in [0.05, 0.1) is 4.92 Å². The lowest BCUT2D eigenvalue weighted by Gasteiger charge is -2.29. The molecule has 0 saturated carbocycles. The minimum atomic E-state index is -0.875. The van der Waals surface area contributed by atoms with Crippen molar-refractivity contribution in [1.29, 1.82) is 0 Å². The minimum Gasteiger partial charge on any atom is -0.292 e. The smallest absolute Gasteiger partial charge is 0.273 e. The van der Waals surface area contributed by atoms with Crippen LogP contribution in [0.15, 0.2) is 48.5 Å². The van der Waals surface area contributed by atoms with Crippen molar-refractivity contribution in [3.8, 4) is 0 Å². The Morgan fingerprint density at radius 2 is 1.66 bits per heavy atom. The molecule has 0 unspecified atom stereocenters. The first-order chi connectivity index (χ1) is 13.8. The number of imide groups is 1. The van der Waals surface area contributed by atoms with Gasteiger partial charge in [0.1, 0.15) is 6.54 Å². The number of nitrogens with zero attached hydrogens (tertiary/aromatic N) is 3. The maximum Gasteiger partial charge on any atom is 0.273 e. The van der Waals surface area contributed by atoms with Crippen LogP contribution < -0.4 is 0 Å². The highest BCUT2D eigenvalue weighted by atomic mass is 35.5. The number of hydrogen-bond donors (Lipinski definition) is 0. The van der Waals surface area contributed by atoms with Crippen LogP contribution in [0.1, 0.15) is 33.6 Å². The number of ketones is 1. The lowest BCUT2D eigenvalue weighted by atomic mass is 10.1. The van der Waals surface area contributed by atoms with Gasteiger partial charge in [0.25, 0.3) is 11.6 Å². The molecule has 1 heterocycles. The van der Waals surface area contributed by atoms with Gasteiger partial charge < -0.3 is 0 Å². The van der Waals surface area contributed by atoms with E-state index < -0.39 is 35.0 Å². The Morgan fingerprint density at radius 1 is 1.03 bits per heavy atom. The molecule has 2 aromatic carbocycles. The highest BCUT2D eigenvalue weighted by molar-refractivity contribution is 6.30. The van der Waals surface area contributed by atoms with Crippen LogP contribution in [0.25, 0.3) is 0 Å². The van der Waals surface area contributed by atoms with Gasteiger partial charge in [-0.15, -0.1) is 0 Å². The summed E-state index contributed by atoms with van der Waals surface area (Å²) in [6.07, 6.45) is -0.181. The largest absolute Gasteiger partial charge is 0.292 e. The molecule has 1 fully saturated rings. The van der Waals surface area contributed by atoms with Gasteiger partial charge in [0.2, 0.25) is 11.8 Å². The Kier molecular flexibility index (Phi) is 5.69. The van der Waals surface area contributed by atoms with Crippen molar-refractivity contribution in [3.63, 3.8) is 0 Å². The first-order valence-corrected chi connectivity index (χ1v) is 8.86. The minimum absolute atomic E-state index is 0.0906. The Labute approximate surface area is 169 Å². The summed E-state index contributed by atoms with van der Waals surface area (Å²) < 4.78 is 0. The van der Waals surface area contributed by atoms with Crippen molar-refractivity contribution >= 4 is 40.8 Å². The molecule has 1 saturated heterocycles. The van der Waals surface area contributed by atoms with E-state index in [9.17, 15) is 29.3 Å². The van der Waals surface area contributed by atoms with Gasteiger partial charge in [-0.05, 0) is 30.3 Å². The topological polar surface area (TPSA) is 118 Å². The number of nitro groups is 1. The highest BCUT2D eigenvalue weighted by Gasteiger charge is 2.38. The number of hydrogen-bond acceptors (Lipinski definition) is 6. The third kappa shape index (κ3) is 4.30. The summed E-state index contributed by atoms with van der Waals surface area (Å²) in [4.78, 5) is 60.3. The number of Topliss-reactive ketones (excluding diaryl/α,β-unsaturated/α-hetero) is 1. The van der Waals surface area contributed by atoms with Gasteiger partial charge in [-0.2, -0.15) is 5.01 Å². The second-order valence-electron chi connectivity index (χ2n) is 6.20. The van der Waals surface area contributed by atoms with Gasteiger partial charge in [-0.25, -0.2) is 5.01 Å². The fourth-order valence-electron chi connectivity index (χ4n) is 2.83. The van der Waals surface area contributed by atoms with Gasteiger partial charge >= 0.3 is 0 Å². The summed E-state index contributed by atoms with van der Waals surface area (Å²) >= 11 is 5.81. The Hall–Kier alpha value is -3.59. The maximum absolute atomic E-state index is 13.0. The van der Waals surface area contributed by atoms with E-state index in [2.05, 4.69) is 0 Å². The molecule has 0 atom stereocenters.